The highest BCUT2D eigenvalue weighted by Crippen LogP contribution is 2.27. The summed E-state index contributed by atoms with van der Waals surface area (Å²) in [4.78, 5) is 21.5. The number of nitrogens with zero attached hydrogens (tertiary/aromatic N) is 1. The Balaban J connectivity index is 3.40. The van der Waals surface area contributed by atoms with Crippen molar-refractivity contribution in [2.75, 3.05) is 6.61 Å². The van der Waals surface area contributed by atoms with Crippen LogP contribution in [0.5, 0.6) is 0 Å². The second-order valence-electron chi connectivity index (χ2n) is 3.03. The lowest BCUT2D eigenvalue weighted by Gasteiger charge is -2.08. The molecule has 0 unspecified atom stereocenters. The number of ether oxygens (including phenoxy) is 1. The van der Waals surface area contributed by atoms with Crippen LogP contribution in [-0.4, -0.2) is 17.5 Å². The molecular weight excluding hydrogens is 253 g/mol. The number of benzene rings is 1. The molecule has 0 fully saturated rings. The largest absolute Gasteiger partial charge is 0.462 e. The van der Waals surface area contributed by atoms with Crippen LogP contribution in [0.4, 0.5) is 10.1 Å². The monoisotopic (exact) mass is 261 g/mol. The fourth-order valence-electron chi connectivity index (χ4n) is 1.34. The van der Waals surface area contributed by atoms with Gasteiger partial charge in [-0.05, 0) is 13.0 Å². The van der Waals surface area contributed by atoms with Crippen LogP contribution in [0.15, 0.2) is 12.1 Å². The van der Waals surface area contributed by atoms with Gasteiger partial charge in [-0.1, -0.05) is 0 Å². The summed E-state index contributed by atoms with van der Waals surface area (Å²) in [5.41, 5.74) is -1.05. The van der Waals surface area contributed by atoms with Crippen molar-refractivity contribution < 1.29 is 18.8 Å². The number of halogens is 2. The third kappa shape index (κ3) is 2.71. The van der Waals surface area contributed by atoms with Crippen LogP contribution in [0, 0.1) is 15.9 Å². The van der Waals surface area contributed by atoms with Gasteiger partial charge >= 0.3 is 5.97 Å². The molecule has 92 valence electrons. The summed E-state index contributed by atoms with van der Waals surface area (Å²) in [6, 6.07) is 1.82. The van der Waals surface area contributed by atoms with Gasteiger partial charge in [0.05, 0.1) is 23.0 Å². The molecule has 17 heavy (non-hydrogen) atoms. The van der Waals surface area contributed by atoms with Crippen LogP contribution in [0.1, 0.15) is 22.8 Å². The Kier molecular flexibility index (Phi) is 4.39. The number of esters is 1. The Morgan fingerprint density at radius 1 is 1.59 bits per heavy atom. The van der Waals surface area contributed by atoms with E-state index in [0.717, 1.165) is 12.1 Å². The SMILES string of the molecule is CCOC(=O)c1c(F)ccc([N+](=O)[O-])c1CCl. The van der Waals surface area contributed by atoms with Gasteiger partial charge in [0.1, 0.15) is 11.4 Å². The fourth-order valence-corrected chi connectivity index (χ4v) is 1.61. The van der Waals surface area contributed by atoms with E-state index in [4.69, 9.17) is 11.6 Å². The summed E-state index contributed by atoms with van der Waals surface area (Å²) < 4.78 is 18.1. The third-order valence-corrected chi connectivity index (χ3v) is 2.31. The second-order valence-corrected chi connectivity index (χ2v) is 3.30. The van der Waals surface area contributed by atoms with Gasteiger partial charge in [0, 0.05) is 6.07 Å². The Hall–Kier alpha value is -1.69. The summed E-state index contributed by atoms with van der Waals surface area (Å²) in [5.74, 6) is -2.18. The Labute approximate surface area is 101 Å². The van der Waals surface area contributed by atoms with Crippen molar-refractivity contribution in [1.82, 2.24) is 0 Å². The molecule has 0 amide bonds. The lowest BCUT2D eigenvalue weighted by atomic mass is 10.1. The molecule has 0 N–H and O–H groups in total. The minimum absolute atomic E-state index is 0.0443. The topological polar surface area (TPSA) is 69.4 Å². The average Bonchev–Trinajstić information content (AvgIpc) is 2.28. The van der Waals surface area contributed by atoms with E-state index in [9.17, 15) is 19.3 Å². The predicted octanol–water partition coefficient (Wildman–Crippen LogP) is 2.65. The summed E-state index contributed by atoms with van der Waals surface area (Å²) in [5, 5.41) is 10.7. The van der Waals surface area contributed by atoms with E-state index in [2.05, 4.69) is 4.74 Å². The van der Waals surface area contributed by atoms with Crippen molar-refractivity contribution in [3.05, 3.63) is 39.2 Å². The van der Waals surface area contributed by atoms with Crippen molar-refractivity contribution in [2.24, 2.45) is 0 Å². The molecule has 7 heteroatoms. The van der Waals surface area contributed by atoms with Crippen molar-refractivity contribution in [3.63, 3.8) is 0 Å². The predicted molar refractivity (Wildman–Crippen MR) is 58.6 cm³/mol. The van der Waals surface area contributed by atoms with E-state index in [1.807, 2.05) is 0 Å². The fraction of sp³-hybridized carbons (Fsp3) is 0.300. The van der Waals surface area contributed by atoms with Crippen LogP contribution >= 0.6 is 11.6 Å². The van der Waals surface area contributed by atoms with Gasteiger partial charge in [-0.3, -0.25) is 10.1 Å². The molecule has 0 radical (unpaired) electrons. The van der Waals surface area contributed by atoms with Crippen LogP contribution in [0.2, 0.25) is 0 Å². The minimum atomic E-state index is -0.954. The van der Waals surface area contributed by atoms with E-state index in [0.29, 0.717) is 0 Å². The summed E-state index contributed by atoms with van der Waals surface area (Å²) in [7, 11) is 0. The number of carbonyl (C=O) groups is 1. The van der Waals surface area contributed by atoms with E-state index in [-0.39, 0.29) is 18.1 Å². The van der Waals surface area contributed by atoms with Crippen LogP contribution in [0.3, 0.4) is 0 Å². The first kappa shape index (κ1) is 13.4. The molecular formula is C10H9ClFNO4. The average molecular weight is 262 g/mol. The molecule has 0 heterocycles. The first-order valence-corrected chi connectivity index (χ1v) is 5.25. The highest BCUT2D eigenvalue weighted by atomic mass is 35.5. The molecule has 0 spiro atoms. The Morgan fingerprint density at radius 2 is 2.24 bits per heavy atom. The molecule has 0 aliphatic rings. The second kappa shape index (κ2) is 5.58. The van der Waals surface area contributed by atoms with Gasteiger partial charge < -0.3 is 4.74 Å². The molecule has 0 aromatic heterocycles. The van der Waals surface area contributed by atoms with Gasteiger partial charge in [-0.25, -0.2) is 9.18 Å². The maximum absolute atomic E-state index is 13.5. The maximum Gasteiger partial charge on any atom is 0.341 e. The van der Waals surface area contributed by atoms with Crippen molar-refractivity contribution in [1.29, 1.82) is 0 Å². The van der Waals surface area contributed by atoms with E-state index in [1.54, 1.807) is 6.92 Å². The van der Waals surface area contributed by atoms with Crippen molar-refractivity contribution >= 4 is 23.3 Å². The van der Waals surface area contributed by atoms with Gasteiger partial charge in [-0.15, -0.1) is 11.6 Å². The quantitative estimate of drug-likeness (QED) is 0.362. The number of alkyl halides is 1. The van der Waals surface area contributed by atoms with Gasteiger partial charge in [0.25, 0.3) is 5.69 Å². The van der Waals surface area contributed by atoms with E-state index in [1.165, 1.54) is 0 Å². The van der Waals surface area contributed by atoms with Gasteiger partial charge in [0.15, 0.2) is 0 Å². The molecule has 0 atom stereocenters. The van der Waals surface area contributed by atoms with Crippen molar-refractivity contribution in [3.8, 4) is 0 Å². The normalized spacial score (nSPS) is 10.1. The molecule has 1 rings (SSSR count). The zero-order valence-electron chi connectivity index (χ0n) is 8.91. The number of nitro benzene ring substituents is 1. The molecule has 1 aromatic carbocycles. The Morgan fingerprint density at radius 3 is 2.71 bits per heavy atom. The first-order valence-electron chi connectivity index (χ1n) is 4.71. The number of nitro groups is 1. The zero-order chi connectivity index (χ0) is 13.0. The molecule has 1 aromatic rings. The maximum atomic E-state index is 13.5. The summed E-state index contributed by atoms with van der Waals surface area (Å²) >= 11 is 5.52. The zero-order valence-corrected chi connectivity index (χ0v) is 9.66. The number of rotatable bonds is 4. The summed E-state index contributed by atoms with van der Waals surface area (Å²) in [6.45, 7) is 1.59. The van der Waals surface area contributed by atoms with Crippen molar-refractivity contribution in [2.45, 2.75) is 12.8 Å². The number of carbonyl (C=O) groups excluding carboxylic acids is 1. The molecule has 0 aliphatic carbocycles. The third-order valence-electron chi connectivity index (χ3n) is 2.05. The first-order chi connectivity index (χ1) is 8.02. The molecule has 5 nitrogen and oxygen atoms in total. The molecule has 0 aliphatic heterocycles. The van der Waals surface area contributed by atoms with E-state index >= 15 is 0 Å². The van der Waals surface area contributed by atoms with E-state index < -0.39 is 28.0 Å². The smallest absolute Gasteiger partial charge is 0.341 e. The minimum Gasteiger partial charge on any atom is -0.462 e. The standard InChI is InChI=1S/C10H9ClFNO4/c1-2-17-10(14)9-6(5-11)8(13(15)16)4-3-7(9)12/h3-4H,2,5H2,1H3. The highest BCUT2D eigenvalue weighted by Gasteiger charge is 2.25. The number of hydrogen-bond acceptors (Lipinski definition) is 4. The van der Waals surface area contributed by atoms with Gasteiger partial charge in [-0.2, -0.15) is 0 Å². The molecule has 0 saturated carbocycles. The lowest BCUT2D eigenvalue weighted by Crippen LogP contribution is -2.12. The Bertz CT molecular complexity index is 464. The summed E-state index contributed by atoms with van der Waals surface area (Å²) in [6.07, 6.45) is 0. The van der Waals surface area contributed by atoms with Gasteiger partial charge in [0.2, 0.25) is 0 Å². The van der Waals surface area contributed by atoms with Crippen LogP contribution in [0.25, 0.3) is 0 Å². The van der Waals surface area contributed by atoms with Crippen LogP contribution in [-0.2, 0) is 10.6 Å². The highest BCUT2D eigenvalue weighted by molar-refractivity contribution is 6.18. The lowest BCUT2D eigenvalue weighted by molar-refractivity contribution is -0.385. The number of hydrogen-bond donors (Lipinski definition) is 0. The van der Waals surface area contributed by atoms with Crippen LogP contribution < -0.4 is 0 Å². The molecule has 0 bridgehead atoms. The molecule has 0 saturated heterocycles.